The molecular formula is C20H22BN5O. The van der Waals surface area contributed by atoms with Crippen molar-refractivity contribution in [2.75, 3.05) is 22.4 Å². The van der Waals surface area contributed by atoms with Crippen LogP contribution in [0.5, 0.6) is 0 Å². The molecule has 0 amide bonds. The van der Waals surface area contributed by atoms with Gasteiger partial charge in [-0.2, -0.15) is 4.98 Å². The van der Waals surface area contributed by atoms with Gasteiger partial charge in [0.05, 0.1) is 6.51 Å². The third-order valence-corrected chi connectivity index (χ3v) is 4.40. The molecular weight excluding hydrogens is 337 g/mol. The molecule has 1 aliphatic heterocycles. The van der Waals surface area contributed by atoms with Crippen molar-refractivity contribution in [1.82, 2.24) is 9.97 Å². The van der Waals surface area contributed by atoms with Crippen molar-refractivity contribution < 1.29 is 4.65 Å². The van der Waals surface area contributed by atoms with E-state index in [1.807, 2.05) is 37.4 Å². The first-order chi connectivity index (χ1) is 13.1. The average molecular weight is 359 g/mol. The zero-order valence-electron chi connectivity index (χ0n) is 15.7. The number of nitrogens with zero attached hydrogens (tertiary/aromatic N) is 2. The second kappa shape index (κ2) is 7.29. The normalized spacial score (nSPS) is 12.6. The lowest BCUT2D eigenvalue weighted by Crippen LogP contribution is -2.09. The van der Waals surface area contributed by atoms with E-state index in [2.05, 4.69) is 57.9 Å². The van der Waals surface area contributed by atoms with Crippen LogP contribution in [0.15, 0.2) is 48.7 Å². The van der Waals surface area contributed by atoms with E-state index in [0.29, 0.717) is 5.95 Å². The molecule has 3 N–H and O–H groups in total. The molecule has 1 aliphatic rings. The number of benzene rings is 2. The van der Waals surface area contributed by atoms with E-state index in [1.165, 1.54) is 5.56 Å². The summed E-state index contributed by atoms with van der Waals surface area (Å²) in [7, 11) is 0.126. The van der Waals surface area contributed by atoms with Crippen molar-refractivity contribution in [1.29, 1.82) is 0 Å². The van der Waals surface area contributed by atoms with Gasteiger partial charge in [-0.1, -0.05) is 18.2 Å². The molecule has 2 aromatic carbocycles. The molecule has 7 heteroatoms. The van der Waals surface area contributed by atoms with Gasteiger partial charge in [-0.3, -0.25) is 0 Å². The molecule has 0 bridgehead atoms. The summed E-state index contributed by atoms with van der Waals surface area (Å²) in [6.45, 7) is 6.88. The molecule has 1 saturated heterocycles. The minimum absolute atomic E-state index is 0.126. The number of aryl methyl sites for hydroxylation is 3. The number of anilines is 5. The van der Waals surface area contributed by atoms with Crippen LogP contribution >= 0.6 is 0 Å². The van der Waals surface area contributed by atoms with Crippen LogP contribution in [0.4, 0.5) is 28.8 Å². The topological polar surface area (TPSA) is 74.4 Å². The first-order valence-corrected chi connectivity index (χ1v) is 9.00. The monoisotopic (exact) mass is 359 g/mol. The number of hydrogen-bond donors (Lipinski definition) is 3. The molecule has 0 atom stereocenters. The molecule has 0 saturated carbocycles. The molecule has 1 aromatic heterocycles. The van der Waals surface area contributed by atoms with Gasteiger partial charge in [0.2, 0.25) is 5.95 Å². The molecule has 0 spiro atoms. The maximum Gasteiger partial charge on any atom is 0.438 e. The Balaban J connectivity index is 1.55. The lowest BCUT2D eigenvalue weighted by atomic mass is 9.96. The number of nitrogens with one attached hydrogen (secondary N) is 3. The van der Waals surface area contributed by atoms with E-state index in [-0.39, 0.29) is 7.05 Å². The molecule has 3 aromatic rings. The van der Waals surface area contributed by atoms with E-state index in [9.17, 15) is 0 Å². The van der Waals surface area contributed by atoms with Crippen molar-refractivity contribution in [2.24, 2.45) is 0 Å². The summed E-state index contributed by atoms with van der Waals surface area (Å²) in [6.07, 6.45) is 1.82. The van der Waals surface area contributed by atoms with Gasteiger partial charge in [-0.05, 0) is 56.2 Å². The highest BCUT2D eigenvalue weighted by Crippen LogP contribution is 2.26. The predicted molar refractivity (Wildman–Crippen MR) is 111 cm³/mol. The van der Waals surface area contributed by atoms with Crippen molar-refractivity contribution >= 4 is 35.9 Å². The Morgan fingerprint density at radius 2 is 1.81 bits per heavy atom. The van der Waals surface area contributed by atoms with Gasteiger partial charge >= 0.3 is 7.05 Å². The summed E-state index contributed by atoms with van der Waals surface area (Å²) >= 11 is 0. The number of aromatic nitrogens is 2. The smallest absolute Gasteiger partial charge is 0.418 e. The summed E-state index contributed by atoms with van der Waals surface area (Å²) in [6, 6.07) is 14.4. The van der Waals surface area contributed by atoms with Crippen molar-refractivity contribution in [3.8, 4) is 0 Å². The highest BCUT2D eigenvalue weighted by Gasteiger charge is 2.30. The molecule has 2 heterocycles. The Hall–Kier alpha value is -3.06. The lowest BCUT2D eigenvalue weighted by molar-refractivity contribution is 0.560. The van der Waals surface area contributed by atoms with Crippen LogP contribution < -0.4 is 15.9 Å². The zero-order chi connectivity index (χ0) is 18.8. The molecule has 0 unspecified atom stereocenters. The Bertz CT molecular complexity index is 974. The molecule has 0 aliphatic carbocycles. The fraction of sp³-hybridized carbons (Fsp3) is 0.200. The molecule has 1 fully saturated rings. The highest BCUT2D eigenvalue weighted by atomic mass is 16.5. The Morgan fingerprint density at radius 1 is 0.963 bits per heavy atom. The molecule has 6 nitrogen and oxygen atoms in total. The van der Waals surface area contributed by atoms with E-state index in [0.717, 1.165) is 40.5 Å². The maximum absolute atomic E-state index is 5.23. The summed E-state index contributed by atoms with van der Waals surface area (Å²) in [5.74, 6) is 1.34. The SMILES string of the molecule is Cc1cccc(Nc2nc(Nc3cc(NB4CO4)ccc3C)ncc2C)c1. The molecule has 0 radical (unpaired) electrons. The van der Waals surface area contributed by atoms with E-state index >= 15 is 0 Å². The van der Waals surface area contributed by atoms with Gasteiger partial charge < -0.3 is 20.5 Å². The average Bonchev–Trinajstić information content (AvgIpc) is 3.45. The first kappa shape index (κ1) is 17.4. The number of hydrogen-bond acceptors (Lipinski definition) is 6. The second-order valence-corrected chi connectivity index (χ2v) is 6.84. The lowest BCUT2D eigenvalue weighted by Gasteiger charge is -2.13. The van der Waals surface area contributed by atoms with Crippen molar-refractivity contribution in [2.45, 2.75) is 20.8 Å². The second-order valence-electron chi connectivity index (χ2n) is 6.84. The number of rotatable bonds is 6. The standard InChI is InChI=1S/C20H22BN5O/c1-13-5-4-6-16(9-13)23-19-15(3)11-22-20(25-19)24-18-10-17(8-7-14(18)2)26-21-12-27-21/h4-11,26H,12H2,1-3H3,(H2,22,23,24,25). The van der Waals surface area contributed by atoms with Crippen LogP contribution in [-0.2, 0) is 4.65 Å². The molecule has 27 heavy (non-hydrogen) atoms. The molecule has 136 valence electrons. The van der Waals surface area contributed by atoms with Gasteiger partial charge in [0.15, 0.2) is 0 Å². The third-order valence-electron chi connectivity index (χ3n) is 4.40. The maximum atomic E-state index is 5.23. The van der Waals surface area contributed by atoms with Crippen molar-refractivity contribution in [3.63, 3.8) is 0 Å². The van der Waals surface area contributed by atoms with Gasteiger partial charge in [0.1, 0.15) is 5.82 Å². The predicted octanol–water partition coefficient (Wildman–Crippen LogP) is 4.36. The summed E-state index contributed by atoms with van der Waals surface area (Å²) in [5.41, 5.74) is 6.29. The fourth-order valence-corrected chi connectivity index (χ4v) is 2.77. The van der Waals surface area contributed by atoms with Crippen LogP contribution in [0.3, 0.4) is 0 Å². The van der Waals surface area contributed by atoms with Crippen LogP contribution in [0, 0.1) is 20.8 Å². The summed E-state index contributed by atoms with van der Waals surface area (Å²) in [4.78, 5) is 9.09. The molecule has 4 rings (SSSR count). The van der Waals surface area contributed by atoms with Crippen LogP contribution in [-0.4, -0.2) is 23.5 Å². The first-order valence-electron chi connectivity index (χ1n) is 9.00. The quantitative estimate of drug-likeness (QED) is 0.449. The highest BCUT2D eigenvalue weighted by molar-refractivity contribution is 6.63. The zero-order valence-corrected chi connectivity index (χ0v) is 15.7. The van der Waals surface area contributed by atoms with Gasteiger partial charge in [-0.25, -0.2) is 4.98 Å². The van der Waals surface area contributed by atoms with Crippen LogP contribution in [0.25, 0.3) is 0 Å². The Labute approximate surface area is 159 Å². The van der Waals surface area contributed by atoms with Gasteiger partial charge in [0.25, 0.3) is 0 Å². The van der Waals surface area contributed by atoms with E-state index in [4.69, 9.17) is 4.65 Å². The van der Waals surface area contributed by atoms with Crippen LogP contribution in [0.2, 0.25) is 0 Å². The summed E-state index contributed by atoms with van der Waals surface area (Å²) in [5, 5.41) is 10.0. The van der Waals surface area contributed by atoms with Gasteiger partial charge in [-0.15, -0.1) is 0 Å². The van der Waals surface area contributed by atoms with Crippen molar-refractivity contribution in [3.05, 3.63) is 65.4 Å². The third kappa shape index (κ3) is 4.38. The minimum atomic E-state index is 0.126. The summed E-state index contributed by atoms with van der Waals surface area (Å²) < 4.78 is 5.23. The van der Waals surface area contributed by atoms with E-state index in [1.54, 1.807) is 0 Å². The van der Waals surface area contributed by atoms with Gasteiger partial charge in [0, 0.05) is 28.8 Å². The fourth-order valence-electron chi connectivity index (χ4n) is 2.77. The Morgan fingerprint density at radius 3 is 2.59 bits per heavy atom. The van der Waals surface area contributed by atoms with Crippen LogP contribution in [0.1, 0.15) is 16.7 Å². The van der Waals surface area contributed by atoms with E-state index < -0.39 is 0 Å². The minimum Gasteiger partial charge on any atom is -0.418 e. The largest absolute Gasteiger partial charge is 0.438 e. The Kier molecular flexibility index (Phi) is 4.69.